The van der Waals surface area contributed by atoms with E-state index in [1.54, 1.807) is 0 Å². The first kappa shape index (κ1) is 12.1. The molecule has 1 amide bonds. The van der Waals surface area contributed by atoms with E-state index >= 15 is 0 Å². The molecule has 0 saturated heterocycles. The topological polar surface area (TPSA) is 46.3 Å². The normalized spacial score (nSPS) is 16.5. The maximum absolute atomic E-state index is 11.9. The number of fused-ring (bicyclic) bond motifs is 1. The fraction of sp³-hybridized carbons (Fsp3) is 0.500. The van der Waals surface area contributed by atoms with Crippen LogP contribution in [0.4, 0.5) is 5.69 Å². The molecule has 2 rings (SSSR count). The van der Waals surface area contributed by atoms with Crippen molar-refractivity contribution in [3.8, 4) is 0 Å². The van der Waals surface area contributed by atoms with E-state index in [1.165, 1.54) is 5.56 Å². The summed E-state index contributed by atoms with van der Waals surface area (Å²) in [5, 5.41) is 0. The van der Waals surface area contributed by atoms with Crippen LogP contribution in [-0.4, -0.2) is 12.5 Å². The lowest BCUT2D eigenvalue weighted by Gasteiger charge is -2.30. The molecule has 1 aliphatic heterocycles. The number of carbonyl (C=O) groups is 1. The van der Waals surface area contributed by atoms with Crippen LogP contribution in [0.5, 0.6) is 0 Å². The fourth-order valence-corrected chi connectivity index (χ4v) is 2.32. The SMILES string of the molecule is CCC(=O)N1CCCc2ccc(C(C)N)cc21. The van der Waals surface area contributed by atoms with E-state index in [0.717, 1.165) is 30.6 Å². The molecule has 2 N–H and O–H groups in total. The smallest absolute Gasteiger partial charge is 0.226 e. The Kier molecular flexibility index (Phi) is 3.48. The van der Waals surface area contributed by atoms with E-state index in [4.69, 9.17) is 5.73 Å². The zero-order valence-electron chi connectivity index (χ0n) is 10.6. The van der Waals surface area contributed by atoms with E-state index in [1.807, 2.05) is 18.7 Å². The Morgan fingerprint density at radius 2 is 2.29 bits per heavy atom. The molecular weight excluding hydrogens is 212 g/mol. The summed E-state index contributed by atoms with van der Waals surface area (Å²) in [5.74, 6) is 0.202. The van der Waals surface area contributed by atoms with Crippen LogP contribution in [0.25, 0.3) is 0 Å². The van der Waals surface area contributed by atoms with Crippen molar-refractivity contribution in [2.24, 2.45) is 5.73 Å². The largest absolute Gasteiger partial charge is 0.324 e. The maximum atomic E-state index is 11.9. The van der Waals surface area contributed by atoms with Gasteiger partial charge in [-0.1, -0.05) is 19.1 Å². The Labute approximate surface area is 103 Å². The van der Waals surface area contributed by atoms with Gasteiger partial charge in [0.15, 0.2) is 0 Å². The Balaban J connectivity index is 2.40. The molecule has 1 unspecified atom stereocenters. The first-order valence-corrected chi connectivity index (χ1v) is 6.32. The summed E-state index contributed by atoms with van der Waals surface area (Å²) in [6.45, 7) is 4.71. The first-order valence-electron chi connectivity index (χ1n) is 6.32. The second-order valence-corrected chi connectivity index (χ2v) is 4.68. The second kappa shape index (κ2) is 4.88. The number of nitrogens with two attached hydrogens (primary N) is 1. The Hall–Kier alpha value is -1.35. The zero-order valence-corrected chi connectivity index (χ0v) is 10.6. The lowest BCUT2D eigenvalue weighted by molar-refractivity contribution is -0.118. The van der Waals surface area contributed by atoms with Crippen LogP contribution in [0.1, 0.15) is 43.9 Å². The number of carbonyl (C=O) groups excluding carboxylic acids is 1. The first-order chi connectivity index (χ1) is 8.13. The summed E-state index contributed by atoms with van der Waals surface area (Å²) >= 11 is 0. The highest BCUT2D eigenvalue weighted by Crippen LogP contribution is 2.30. The quantitative estimate of drug-likeness (QED) is 0.851. The highest BCUT2D eigenvalue weighted by Gasteiger charge is 2.21. The number of benzene rings is 1. The molecule has 1 aliphatic rings. The third-order valence-electron chi connectivity index (χ3n) is 3.36. The lowest BCUT2D eigenvalue weighted by Crippen LogP contribution is -2.35. The molecule has 0 aromatic heterocycles. The minimum Gasteiger partial charge on any atom is -0.324 e. The lowest BCUT2D eigenvalue weighted by atomic mass is 9.97. The fourth-order valence-electron chi connectivity index (χ4n) is 2.32. The standard InChI is InChI=1S/C14H20N2O/c1-3-14(17)16-8-4-5-11-6-7-12(10(2)15)9-13(11)16/h6-7,9-10H,3-5,8,15H2,1-2H3. The van der Waals surface area contributed by atoms with Crippen molar-refractivity contribution in [3.63, 3.8) is 0 Å². The zero-order chi connectivity index (χ0) is 12.4. The third kappa shape index (κ3) is 2.34. The number of amides is 1. The molecule has 0 radical (unpaired) electrons. The van der Waals surface area contributed by atoms with Crippen molar-refractivity contribution >= 4 is 11.6 Å². The van der Waals surface area contributed by atoms with Gasteiger partial charge in [0.1, 0.15) is 0 Å². The van der Waals surface area contributed by atoms with Gasteiger partial charge in [-0.3, -0.25) is 4.79 Å². The molecule has 1 atom stereocenters. The Bertz CT molecular complexity index is 426. The van der Waals surface area contributed by atoms with Gasteiger partial charge in [-0.2, -0.15) is 0 Å². The molecule has 0 bridgehead atoms. The van der Waals surface area contributed by atoms with Crippen LogP contribution >= 0.6 is 0 Å². The molecule has 1 heterocycles. The molecule has 92 valence electrons. The van der Waals surface area contributed by atoms with Crippen LogP contribution in [0, 0.1) is 0 Å². The molecule has 1 aromatic rings. The van der Waals surface area contributed by atoms with E-state index < -0.39 is 0 Å². The highest BCUT2D eigenvalue weighted by molar-refractivity contribution is 5.94. The molecule has 17 heavy (non-hydrogen) atoms. The summed E-state index contributed by atoms with van der Waals surface area (Å²) in [4.78, 5) is 13.8. The second-order valence-electron chi connectivity index (χ2n) is 4.68. The Morgan fingerprint density at radius 3 is 2.94 bits per heavy atom. The van der Waals surface area contributed by atoms with Gasteiger partial charge in [-0.05, 0) is 37.0 Å². The van der Waals surface area contributed by atoms with Crippen LogP contribution in [0.2, 0.25) is 0 Å². The van der Waals surface area contributed by atoms with Crippen LogP contribution in [0.3, 0.4) is 0 Å². The predicted molar refractivity (Wildman–Crippen MR) is 70.0 cm³/mol. The van der Waals surface area contributed by atoms with Crippen molar-refractivity contribution in [1.82, 2.24) is 0 Å². The van der Waals surface area contributed by atoms with Crippen molar-refractivity contribution in [2.45, 2.75) is 39.2 Å². The number of nitrogens with zero attached hydrogens (tertiary/aromatic N) is 1. The van der Waals surface area contributed by atoms with E-state index in [0.29, 0.717) is 6.42 Å². The number of hydrogen-bond donors (Lipinski definition) is 1. The van der Waals surface area contributed by atoms with Crippen molar-refractivity contribution in [2.75, 3.05) is 11.4 Å². The third-order valence-corrected chi connectivity index (χ3v) is 3.36. The summed E-state index contributed by atoms with van der Waals surface area (Å²) in [5.41, 5.74) is 9.33. The van der Waals surface area contributed by atoms with Gasteiger partial charge in [0.25, 0.3) is 0 Å². The van der Waals surface area contributed by atoms with E-state index in [-0.39, 0.29) is 11.9 Å². The van der Waals surface area contributed by atoms with Crippen molar-refractivity contribution < 1.29 is 4.79 Å². The minimum atomic E-state index is 0.0146. The van der Waals surface area contributed by atoms with Crippen molar-refractivity contribution in [3.05, 3.63) is 29.3 Å². The van der Waals surface area contributed by atoms with Crippen LogP contribution in [-0.2, 0) is 11.2 Å². The predicted octanol–water partition coefficient (Wildman–Crippen LogP) is 2.40. The van der Waals surface area contributed by atoms with E-state index in [9.17, 15) is 4.79 Å². The molecule has 3 heteroatoms. The van der Waals surface area contributed by atoms with Gasteiger partial charge in [0.2, 0.25) is 5.91 Å². The minimum absolute atomic E-state index is 0.0146. The van der Waals surface area contributed by atoms with Crippen LogP contribution < -0.4 is 10.6 Å². The number of hydrogen-bond acceptors (Lipinski definition) is 2. The summed E-state index contributed by atoms with van der Waals surface area (Å²) in [7, 11) is 0. The summed E-state index contributed by atoms with van der Waals surface area (Å²) in [6.07, 6.45) is 2.67. The van der Waals surface area contributed by atoms with Gasteiger partial charge < -0.3 is 10.6 Å². The molecule has 3 nitrogen and oxygen atoms in total. The average molecular weight is 232 g/mol. The number of aryl methyl sites for hydroxylation is 1. The summed E-state index contributed by atoms with van der Waals surface area (Å²) in [6, 6.07) is 6.28. The molecular formula is C14H20N2O. The van der Waals surface area contributed by atoms with Crippen LogP contribution in [0.15, 0.2) is 18.2 Å². The Morgan fingerprint density at radius 1 is 1.53 bits per heavy atom. The summed E-state index contributed by atoms with van der Waals surface area (Å²) < 4.78 is 0. The molecule has 1 aromatic carbocycles. The molecule has 0 aliphatic carbocycles. The van der Waals surface area contributed by atoms with Gasteiger partial charge in [0, 0.05) is 24.7 Å². The van der Waals surface area contributed by atoms with Gasteiger partial charge in [-0.15, -0.1) is 0 Å². The average Bonchev–Trinajstić information content (AvgIpc) is 2.36. The number of rotatable bonds is 2. The van der Waals surface area contributed by atoms with E-state index in [2.05, 4.69) is 18.2 Å². The maximum Gasteiger partial charge on any atom is 0.226 e. The monoisotopic (exact) mass is 232 g/mol. The highest BCUT2D eigenvalue weighted by atomic mass is 16.2. The van der Waals surface area contributed by atoms with Crippen molar-refractivity contribution in [1.29, 1.82) is 0 Å². The van der Waals surface area contributed by atoms with Gasteiger partial charge >= 0.3 is 0 Å². The molecule has 0 spiro atoms. The molecule has 0 fully saturated rings. The van der Waals surface area contributed by atoms with Gasteiger partial charge in [0.05, 0.1) is 0 Å². The van der Waals surface area contributed by atoms with Gasteiger partial charge in [-0.25, -0.2) is 0 Å². The molecule has 0 saturated carbocycles. The number of anilines is 1.